The number of rotatable bonds is 9. The number of alkyl halides is 5. The highest BCUT2D eigenvalue weighted by molar-refractivity contribution is 7.91. The second-order valence-electron chi connectivity index (χ2n) is 18.7. The maximum atomic E-state index is 14.9. The minimum atomic E-state index is -4.60. The number of halogens is 5. The SMILES string of the molecule is CC[C@@H]1[C@@H]2CN(C(=O)[C@H](C(C)(C)C)NC(=O)O[C@@H]3C[C@H]3CCCCCc3nc4ccc(OCC(F)(F)F)cc4nc3O2)[C@@H]1C(=O)N[C@]1(C(=O)NS(=O)(=O)C2(C)CC2)C[C@H]1C(F)F. The van der Waals surface area contributed by atoms with Crippen LogP contribution in [0.1, 0.15) is 98.1 Å². The number of carbonyl (C=O) groups is 4. The molecule has 1 aromatic carbocycles. The van der Waals surface area contributed by atoms with Crippen LogP contribution in [-0.2, 0) is 35.6 Å². The van der Waals surface area contributed by atoms with E-state index in [2.05, 4.69) is 15.6 Å². The molecule has 21 heteroatoms. The number of carbonyl (C=O) groups excluding carboxylic acids is 4. The maximum Gasteiger partial charge on any atom is 0.422 e. The predicted octanol–water partition coefficient (Wildman–Crippen LogP) is 5.34. The lowest BCUT2D eigenvalue weighted by Crippen LogP contribution is -2.61. The number of nitrogens with zero attached hydrogens (tertiary/aromatic N) is 3. The summed E-state index contributed by atoms with van der Waals surface area (Å²) in [5.41, 5.74) is -2.39. The third-order valence-electron chi connectivity index (χ3n) is 12.8. The van der Waals surface area contributed by atoms with Crippen LogP contribution in [0.3, 0.4) is 0 Å². The molecule has 4 fully saturated rings. The van der Waals surface area contributed by atoms with Crippen LogP contribution in [-0.4, -0.2) is 107 Å². The molecule has 62 heavy (non-hydrogen) atoms. The first kappa shape index (κ1) is 45.5. The summed E-state index contributed by atoms with van der Waals surface area (Å²) in [6.07, 6.45) is -5.85. The van der Waals surface area contributed by atoms with Crippen molar-refractivity contribution in [1.29, 1.82) is 0 Å². The molecule has 0 unspecified atom stereocenters. The van der Waals surface area contributed by atoms with Crippen LogP contribution in [0.15, 0.2) is 18.2 Å². The standard InChI is InChI=1S/C41H53F5N6O9S/c1-6-23-29-19-52(30(23)33(53)50-40(18-24(40)32(42)43)36(55)51-62(57,58)39(5)14-15-39)35(54)31(38(2,3)4)49-37(56)61-28-16-21(28)10-8-7-9-11-26-34(60-29)48-27-17-22(12-13-25(27)47-26)59-20-41(44,45)46/h12-13,17,21,23-24,28-32H,6-11,14-16,18-20H2,1-5H3,(H,49,56)(H,50,53)(H,51,55)/t21-,23-,24+,28-,29+,30+,31-,40-/m1/s1. The third kappa shape index (κ3) is 9.51. The molecule has 7 rings (SSSR count). The van der Waals surface area contributed by atoms with Gasteiger partial charge < -0.3 is 29.7 Å². The largest absolute Gasteiger partial charge is 0.484 e. The first-order valence-electron chi connectivity index (χ1n) is 21.1. The van der Waals surface area contributed by atoms with Gasteiger partial charge >= 0.3 is 12.3 Å². The molecule has 4 amide bonds. The van der Waals surface area contributed by atoms with E-state index in [1.807, 2.05) is 4.72 Å². The number of fused-ring (bicyclic) bond motifs is 5. The summed E-state index contributed by atoms with van der Waals surface area (Å²) >= 11 is 0. The van der Waals surface area contributed by atoms with Gasteiger partial charge in [-0.1, -0.05) is 40.5 Å². The number of hydrogen-bond donors (Lipinski definition) is 3. The summed E-state index contributed by atoms with van der Waals surface area (Å²) in [7, 11) is -4.30. The van der Waals surface area contributed by atoms with E-state index < -0.39 is 105 Å². The number of ether oxygens (including phenoxy) is 3. The Hall–Kier alpha value is -4.56. The van der Waals surface area contributed by atoms with Crippen LogP contribution in [0.2, 0.25) is 0 Å². The van der Waals surface area contributed by atoms with Gasteiger partial charge in [-0.3, -0.25) is 19.1 Å². The molecule has 3 N–H and O–H groups in total. The summed E-state index contributed by atoms with van der Waals surface area (Å²) in [6.45, 7) is 6.35. The van der Waals surface area contributed by atoms with E-state index in [-0.39, 0.29) is 55.0 Å². The van der Waals surface area contributed by atoms with Crippen molar-refractivity contribution in [2.75, 3.05) is 13.2 Å². The molecule has 2 aliphatic heterocycles. The highest BCUT2D eigenvalue weighted by Gasteiger charge is 2.68. The zero-order valence-corrected chi connectivity index (χ0v) is 36.0. The first-order chi connectivity index (χ1) is 28.9. The lowest BCUT2D eigenvalue weighted by Gasteiger charge is -2.36. The lowest BCUT2D eigenvalue weighted by atomic mass is 9.85. The fourth-order valence-corrected chi connectivity index (χ4v) is 9.85. The molecule has 15 nitrogen and oxygen atoms in total. The van der Waals surface area contributed by atoms with Crippen molar-refractivity contribution in [1.82, 2.24) is 30.2 Å². The predicted molar refractivity (Wildman–Crippen MR) is 211 cm³/mol. The smallest absolute Gasteiger partial charge is 0.422 e. The highest BCUT2D eigenvalue weighted by Crippen LogP contribution is 2.50. The third-order valence-corrected chi connectivity index (χ3v) is 15.0. The molecule has 1 aromatic heterocycles. The van der Waals surface area contributed by atoms with E-state index in [0.717, 1.165) is 24.2 Å². The normalized spacial score (nSPS) is 30.1. The zero-order chi connectivity index (χ0) is 45.2. The molecule has 3 aliphatic carbocycles. The second-order valence-corrected chi connectivity index (χ2v) is 20.9. The van der Waals surface area contributed by atoms with Crippen LogP contribution in [0.4, 0.5) is 26.7 Å². The average molecular weight is 901 g/mol. The van der Waals surface area contributed by atoms with Crippen molar-refractivity contribution in [2.45, 2.75) is 146 Å². The molecule has 342 valence electrons. The van der Waals surface area contributed by atoms with E-state index in [9.17, 15) is 49.5 Å². The van der Waals surface area contributed by atoms with E-state index in [4.69, 9.17) is 19.2 Å². The van der Waals surface area contributed by atoms with Gasteiger partial charge in [0.15, 0.2) is 6.61 Å². The molecule has 0 radical (unpaired) electrons. The van der Waals surface area contributed by atoms with E-state index in [1.165, 1.54) is 25.1 Å². The number of aryl methyl sites for hydroxylation is 1. The van der Waals surface area contributed by atoms with Gasteiger partial charge in [-0.05, 0) is 81.8 Å². The molecule has 3 saturated carbocycles. The molecule has 2 aromatic rings. The van der Waals surface area contributed by atoms with E-state index >= 15 is 0 Å². The van der Waals surface area contributed by atoms with Gasteiger partial charge in [-0.15, -0.1) is 0 Å². The van der Waals surface area contributed by atoms with Gasteiger partial charge in [0.1, 0.15) is 41.3 Å². The Kier molecular flexibility index (Phi) is 12.1. The number of hydrogen-bond acceptors (Lipinski definition) is 11. The maximum absolute atomic E-state index is 14.9. The van der Waals surface area contributed by atoms with Crippen molar-refractivity contribution < 1.29 is 63.8 Å². The quantitative estimate of drug-likeness (QED) is 0.275. The summed E-state index contributed by atoms with van der Waals surface area (Å²) < 4.78 is 112. The fourth-order valence-electron chi connectivity index (χ4n) is 8.54. The monoisotopic (exact) mass is 900 g/mol. The van der Waals surface area contributed by atoms with Crippen LogP contribution in [0, 0.1) is 23.2 Å². The summed E-state index contributed by atoms with van der Waals surface area (Å²) in [4.78, 5) is 67.2. The number of nitrogens with one attached hydrogen (secondary N) is 3. The minimum absolute atomic E-state index is 0.00518. The molecule has 1 saturated heterocycles. The van der Waals surface area contributed by atoms with E-state index in [0.29, 0.717) is 30.5 Å². The van der Waals surface area contributed by atoms with Gasteiger partial charge in [0.05, 0.1) is 28.2 Å². The summed E-state index contributed by atoms with van der Waals surface area (Å²) in [6, 6.07) is 1.32. The summed E-state index contributed by atoms with van der Waals surface area (Å²) in [5, 5.41) is 5.14. The molecular weight excluding hydrogens is 848 g/mol. The van der Waals surface area contributed by atoms with Crippen LogP contribution >= 0.6 is 0 Å². The van der Waals surface area contributed by atoms with Crippen LogP contribution < -0.4 is 24.8 Å². The average Bonchev–Trinajstić information content (AvgIpc) is 4.13. The van der Waals surface area contributed by atoms with Crippen molar-refractivity contribution >= 4 is 44.9 Å². The van der Waals surface area contributed by atoms with Crippen molar-refractivity contribution in [3.8, 4) is 11.6 Å². The Balaban J connectivity index is 1.27. The molecule has 2 bridgehead atoms. The number of aromatic nitrogens is 2. The second kappa shape index (κ2) is 16.5. The van der Waals surface area contributed by atoms with Gasteiger partial charge in [0.2, 0.25) is 34.1 Å². The molecule has 0 spiro atoms. The number of sulfonamides is 1. The molecule has 5 aliphatic rings. The highest BCUT2D eigenvalue weighted by atomic mass is 32.2. The Bertz CT molecular complexity index is 2200. The Morgan fingerprint density at radius 2 is 1.77 bits per heavy atom. The van der Waals surface area contributed by atoms with Gasteiger partial charge in [-0.25, -0.2) is 32.0 Å². The Labute approximate surface area is 356 Å². The fraction of sp³-hybridized carbons (Fsp3) is 0.707. The number of amides is 4. The zero-order valence-electron chi connectivity index (χ0n) is 35.2. The topological polar surface area (TPSA) is 195 Å². The van der Waals surface area contributed by atoms with Gasteiger partial charge in [-0.2, -0.15) is 13.2 Å². The molecule has 8 atom stereocenters. The Morgan fingerprint density at radius 3 is 2.40 bits per heavy atom. The van der Waals surface area contributed by atoms with Crippen molar-refractivity contribution in [2.24, 2.45) is 23.2 Å². The number of alkyl carbamates (subject to hydrolysis) is 1. The number of benzene rings is 1. The van der Waals surface area contributed by atoms with Crippen molar-refractivity contribution in [3.05, 3.63) is 23.9 Å². The summed E-state index contributed by atoms with van der Waals surface area (Å²) in [5.74, 6) is -5.74. The molecule has 3 heterocycles. The lowest BCUT2D eigenvalue weighted by molar-refractivity contribution is -0.153. The van der Waals surface area contributed by atoms with Gasteiger partial charge in [0.25, 0.3) is 5.91 Å². The first-order valence-corrected chi connectivity index (χ1v) is 22.5. The molecular formula is C41H53F5N6O9S. The Morgan fingerprint density at radius 1 is 1.05 bits per heavy atom. The van der Waals surface area contributed by atoms with E-state index in [1.54, 1.807) is 27.7 Å². The van der Waals surface area contributed by atoms with Gasteiger partial charge in [0, 0.05) is 12.0 Å². The minimum Gasteiger partial charge on any atom is -0.484 e. The van der Waals surface area contributed by atoms with Crippen LogP contribution in [0.25, 0.3) is 11.0 Å². The van der Waals surface area contributed by atoms with Crippen LogP contribution in [0.5, 0.6) is 11.6 Å². The van der Waals surface area contributed by atoms with Crippen molar-refractivity contribution in [3.63, 3.8) is 0 Å².